The van der Waals surface area contributed by atoms with Gasteiger partial charge in [0.1, 0.15) is 17.2 Å². The van der Waals surface area contributed by atoms with Gasteiger partial charge in [0.2, 0.25) is 5.91 Å². The third-order valence-electron chi connectivity index (χ3n) is 6.49. The molecule has 5 rings (SSSR count). The van der Waals surface area contributed by atoms with Crippen molar-refractivity contribution in [1.82, 2.24) is 5.32 Å². The Labute approximate surface area is 260 Å². The standard InChI is InChI=1S/C36H31N3O4S/c1-24-19-25(2)21-29(20-24)37-34(40)23-44-31-16-13-28(14-17-31)38-36(42)32(39-35(41)27-11-7-4-8-12-27)22-30-15-18-33(43-30)26-9-5-3-6-10-26/h3-22H,23H2,1-2H3,(H,37,40)(H,38,42)(H,39,41)/b32-22+. The first-order valence-corrected chi connectivity index (χ1v) is 15.0. The first-order chi connectivity index (χ1) is 21.3. The van der Waals surface area contributed by atoms with E-state index >= 15 is 0 Å². The fraction of sp³-hybridized carbons (Fsp3) is 0.0833. The molecule has 0 unspecified atom stereocenters. The van der Waals surface area contributed by atoms with Crippen LogP contribution in [0.25, 0.3) is 17.4 Å². The monoisotopic (exact) mass is 601 g/mol. The molecule has 7 nitrogen and oxygen atoms in total. The minimum Gasteiger partial charge on any atom is -0.457 e. The number of amides is 3. The minimum atomic E-state index is -0.514. The fourth-order valence-electron chi connectivity index (χ4n) is 4.50. The van der Waals surface area contributed by atoms with E-state index in [1.807, 2.05) is 80.6 Å². The third-order valence-corrected chi connectivity index (χ3v) is 7.50. The van der Waals surface area contributed by atoms with Crippen LogP contribution in [-0.4, -0.2) is 23.5 Å². The maximum atomic E-state index is 13.4. The second-order valence-electron chi connectivity index (χ2n) is 10.1. The van der Waals surface area contributed by atoms with Gasteiger partial charge < -0.3 is 20.4 Å². The molecule has 0 fully saturated rings. The van der Waals surface area contributed by atoms with Gasteiger partial charge >= 0.3 is 0 Å². The van der Waals surface area contributed by atoms with Gasteiger partial charge in [-0.15, -0.1) is 11.8 Å². The molecule has 0 atom stereocenters. The van der Waals surface area contributed by atoms with Crippen LogP contribution in [0.3, 0.4) is 0 Å². The van der Waals surface area contributed by atoms with E-state index in [9.17, 15) is 14.4 Å². The van der Waals surface area contributed by atoms with Crippen LogP contribution >= 0.6 is 11.8 Å². The predicted molar refractivity (Wildman–Crippen MR) is 176 cm³/mol. The van der Waals surface area contributed by atoms with Crippen molar-refractivity contribution in [3.63, 3.8) is 0 Å². The number of benzene rings is 4. The zero-order valence-corrected chi connectivity index (χ0v) is 25.1. The quantitative estimate of drug-likeness (QED) is 0.113. The molecule has 0 radical (unpaired) electrons. The normalized spacial score (nSPS) is 11.1. The summed E-state index contributed by atoms with van der Waals surface area (Å²) in [7, 11) is 0. The van der Waals surface area contributed by atoms with Gasteiger partial charge in [-0.2, -0.15) is 0 Å². The van der Waals surface area contributed by atoms with Crippen LogP contribution < -0.4 is 16.0 Å². The highest BCUT2D eigenvalue weighted by molar-refractivity contribution is 8.00. The molecule has 1 heterocycles. The predicted octanol–water partition coefficient (Wildman–Crippen LogP) is 7.70. The average Bonchev–Trinajstić information content (AvgIpc) is 3.49. The summed E-state index contributed by atoms with van der Waals surface area (Å²) in [6, 6.07) is 34.9. The summed E-state index contributed by atoms with van der Waals surface area (Å²) in [5, 5.41) is 8.50. The second-order valence-corrected chi connectivity index (χ2v) is 11.2. The van der Waals surface area contributed by atoms with E-state index in [1.54, 1.807) is 42.5 Å². The molecular formula is C36H31N3O4S. The number of hydrogen-bond acceptors (Lipinski definition) is 5. The van der Waals surface area contributed by atoms with Crippen LogP contribution in [0.15, 0.2) is 130 Å². The van der Waals surface area contributed by atoms with Crippen molar-refractivity contribution in [2.24, 2.45) is 0 Å². The van der Waals surface area contributed by atoms with E-state index in [2.05, 4.69) is 22.0 Å². The third kappa shape index (κ3) is 8.36. The molecule has 3 N–H and O–H groups in total. The average molecular weight is 602 g/mol. The second kappa shape index (κ2) is 14.2. The Morgan fingerprint density at radius 3 is 2.07 bits per heavy atom. The molecule has 5 aromatic rings. The molecule has 8 heteroatoms. The minimum absolute atomic E-state index is 0.0225. The lowest BCUT2D eigenvalue weighted by atomic mass is 10.1. The number of aryl methyl sites for hydroxylation is 2. The summed E-state index contributed by atoms with van der Waals surface area (Å²) in [6.45, 7) is 3.99. The van der Waals surface area contributed by atoms with E-state index in [1.165, 1.54) is 17.8 Å². The highest BCUT2D eigenvalue weighted by atomic mass is 32.2. The Kier molecular flexibility index (Phi) is 9.74. The number of anilines is 2. The molecule has 0 saturated carbocycles. The van der Waals surface area contributed by atoms with E-state index in [-0.39, 0.29) is 17.4 Å². The van der Waals surface area contributed by atoms with Gasteiger partial charge in [-0.25, -0.2) is 0 Å². The summed E-state index contributed by atoms with van der Waals surface area (Å²) in [5.41, 5.74) is 4.82. The first-order valence-electron chi connectivity index (χ1n) is 14.0. The summed E-state index contributed by atoms with van der Waals surface area (Å²) in [4.78, 5) is 39.7. The van der Waals surface area contributed by atoms with Crippen molar-refractivity contribution in [3.8, 4) is 11.3 Å². The lowest BCUT2D eigenvalue weighted by Crippen LogP contribution is -2.30. The Morgan fingerprint density at radius 1 is 0.727 bits per heavy atom. The summed E-state index contributed by atoms with van der Waals surface area (Å²) < 4.78 is 5.96. The SMILES string of the molecule is Cc1cc(C)cc(NC(=O)CSc2ccc(NC(=O)/C(=C\c3ccc(-c4ccccc4)o3)NC(=O)c3ccccc3)cc2)c1. The fourth-order valence-corrected chi connectivity index (χ4v) is 5.20. The number of furan rings is 1. The molecule has 1 aromatic heterocycles. The number of carbonyl (C=O) groups excluding carboxylic acids is 3. The molecular weight excluding hydrogens is 570 g/mol. The number of thioether (sulfide) groups is 1. The van der Waals surface area contributed by atoms with Crippen LogP contribution in [0.1, 0.15) is 27.2 Å². The molecule has 3 amide bonds. The van der Waals surface area contributed by atoms with Gasteiger partial charge in [-0.3, -0.25) is 14.4 Å². The van der Waals surface area contributed by atoms with Crippen LogP contribution in [-0.2, 0) is 9.59 Å². The van der Waals surface area contributed by atoms with Gasteiger partial charge in [0.25, 0.3) is 11.8 Å². The van der Waals surface area contributed by atoms with Gasteiger partial charge in [0, 0.05) is 33.5 Å². The van der Waals surface area contributed by atoms with Crippen molar-refractivity contribution in [1.29, 1.82) is 0 Å². The maximum Gasteiger partial charge on any atom is 0.272 e. The van der Waals surface area contributed by atoms with E-state index in [0.29, 0.717) is 22.8 Å². The molecule has 44 heavy (non-hydrogen) atoms. The zero-order valence-electron chi connectivity index (χ0n) is 24.3. The Hall–Kier alpha value is -5.34. The molecule has 4 aromatic carbocycles. The molecule has 0 spiro atoms. The highest BCUT2D eigenvalue weighted by Gasteiger charge is 2.16. The molecule has 0 aliphatic rings. The number of nitrogens with one attached hydrogen (secondary N) is 3. The van der Waals surface area contributed by atoms with Gasteiger partial charge in [-0.1, -0.05) is 54.6 Å². The Morgan fingerprint density at radius 2 is 1.39 bits per heavy atom. The van der Waals surface area contributed by atoms with Crippen molar-refractivity contribution >= 4 is 46.9 Å². The van der Waals surface area contributed by atoms with Gasteiger partial charge in [0.05, 0.1) is 5.75 Å². The Bertz CT molecular complexity index is 1780. The van der Waals surface area contributed by atoms with Crippen molar-refractivity contribution < 1.29 is 18.8 Å². The van der Waals surface area contributed by atoms with E-state index in [4.69, 9.17) is 4.42 Å². The van der Waals surface area contributed by atoms with Crippen LogP contribution in [0.5, 0.6) is 0 Å². The largest absolute Gasteiger partial charge is 0.457 e. The number of carbonyl (C=O) groups is 3. The highest BCUT2D eigenvalue weighted by Crippen LogP contribution is 2.24. The topological polar surface area (TPSA) is 100 Å². The van der Waals surface area contributed by atoms with Crippen LogP contribution in [0.4, 0.5) is 11.4 Å². The van der Waals surface area contributed by atoms with Crippen molar-refractivity contribution in [3.05, 3.63) is 143 Å². The summed E-state index contributed by atoms with van der Waals surface area (Å²) in [5.74, 6) is 0.253. The number of rotatable bonds is 10. The van der Waals surface area contributed by atoms with E-state index in [0.717, 1.165) is 27.3 Å². The smallest absolute Gasteiger partial charge is 0.272 e. The number of hydrogen-bond donors (Lipinski definition) is 3. The molecule has 0 saturated heterocycles. The van der Waals surface area contributed by atoms with Crippen LogP contribution in [0.2, 0.25) is 0 Å². The summed E-state index contributed by atoms with van der Waals surface area (Å²) in [6.07, 6.45) is 1.50. The molecule has 220 valence electrons. The Balaban J connectivity index is 1.25. The van der Waals surface area contributed by atoms with Gasteiger partial charge in [-0.05, 0) is 85.6 Å². The first kappa shape index (κ1) is 30.1. The maximum absolute atomic E-state index is 13.4. The van der Waals surface area contributed by atoms with Crippen molar-refractivity contribution in [2.75, 3.05) is 16.4 Å². The van der Waals surface area contributed by atoms with Gasteiger partial charge in [0.15, 0.2) is 0 Å². The van der Waals surface area contributed by atoms with E-state index < -0.39 is 11.8 Å². The van der Waals surface area contributed by atoms with Crippen molar-refractivity contribution in [2.45, 2.75) is 18.7 Å². The zero-order chi connectivity index (χ0) is 30.9. The molecule has 0 aliphatic carbocycles. The lowest BCUT2D eigenvalue weighted by molar-refractivity contribution is -0.114. The molecule has 0 aliphatic heterocycles. The molecule has 0 bridgehead atoms. The lowest BCUT2D eigenvalue weighted by Gasteiger charge is -2.11. The van der Waals surface area contributed by atoms with Crippen LogP contribution in [0, 0.1) is 13.8 Å². The summed E-state index contributed by atoms with van der Waals surface area (Å²) >= 11 is 1.39.